The molecule has 7 heteroatoms. The molecule has 0 radical (unpaired) electrons. The molecule has 2 aromatic carbocycles. The van der Waals surface area contributed by atoms with Crippen LogP contribution in [0.15, 0.2) is 54.6 Å². The molecule has 0 bridgehead atoms. The molecule has 0 unspecified atom stereocenters. The van der Waals surface area contributed by atoms with Gasteiger partial charge in [-0.3, -0.25) is 20.4 Å². The maximum absolute atomic E-state index is 12.9. The smallest absolute Gasteiger partial charge is 0.290 e. The summed E-state index contributed by atoms with van der Waals surface area (Å²) in [5.41, 5.74) is 8.17. The molecule has 0 aliphatic carbocycles. The number of carbonyl (C=O) groups is 2. The third-order valence-electron chi connectivity index (χ3n) is 5.45. The quantitative estimate of drug-likeness (QED) is 0.623. The SMILES string of the molecule is COc1ccc(CC(=O)NNC(=O)c2nc(-c3ccccc3)n3c2CCCCC3)cc1. The van der Waals surface area contributed by atoms with Crippen LogP contribution in [0.5, 0.6) is 5.75 Å². The number of nitrogens with zero attached hydrogens (tertiary/aromatic N) is 2. The number of rotatable bonds is 5. The van der Waals surface area contributed by atoms with Crippen molar-refractivity contribution >= 4 is 11.8 Å². The molecule has 160 valence electrons. The molecular formula is C24H26N4O3. The molecule has 1 aliphatic heterocycles. The van der Waals surface area contributed by atoms with E-state index >= 15 is 0 Å². The number of hydrogen-bond acceptors (Lipinski definition) is 4. The average molecular weight is 418 g/mol. The van der Waals surface area contributed by atoms with Crippen LogP contribution in [0.2, 0.25) is 0 Å². The molecule has 1 aliphatic rings. The predicted octanol–water partition coefficient (Wildman–Crippen LogP) is 3.29. The van der Waals surface area contributed by atoms with Crippen molar-refractivity contribution in [2.45, 2.75) is 38.6 Å². The molecule has 7 nitrogen and oxygen atoms in total. The lowest BCUT2D eigenvalue weighted by Crippen LogP contribution is -2.42. The van der Waals surface area contributed by atoms with Gasteiger partial charge in [0.25, 0.3) is 5.91 Å². The van der Waals surface area contributed by atoms with E-state index in [-0.39, 0.29) is 12.3 Å². The highest BCUT2D eigenvalue weighted by molar-refractivity contribution is 5.95. The van der Waals surface area contributed by atoms with Gasteiger partial charge in [-0.2, -0.15) is 0 Å². The molecule has 0 spiro atoms. The molecule has 2 amide bonds. The first kappa shape index (κ1) is 20.7. The fourth-order valence-corrected chi connectivity index (χ4v) is 3.87. The summed E-state index contributed by atoms with van der Waals surface area (Å²) in [6.07, 6.45) is 4.14. The Morgan fingerprint density at radius 1 is 1.00 bits per heavy atom. The van der Waals surface area contributed by atoms with E-state index in [2.05, 4.69) is 20.4 Å². The van der Waals surface area contributed by atoms with Crippen molar-refractivity contribution < 1.29 is 14.3 Å². The molecule has 0 saturated heterocycles. The van der Waals surface area contributed by atoms with E-state index in [4.69, 9.17) is 4.74 Å². The van der Waals surface area contributed by atoms with Gasteiger partial charge in [0.1, 0.15) is 11.6 Å². The van der Waals surface area contributed by atoms with Crippen molar-refractivity contribution in [3.63, 3.8) is 0 Å². The van der Waals surface area contributed by atoms with Crippen LogP contribution >= 0.6 is 0 Å². The van der Waals surface area contributed by atoms with E-state index in [0.29, 0.717) is 5.69 Å². The summed E-state index contributed by atoms with van der Waals surface area (Å²) < 4.78 is 7.27. The van der Waals surface area contributed by atoms with Gasteiger partial charge in [-0.05, 0) is 37.0 Å². The van der Waals surface area contributed by atoms with E-state index in [1.807, 2.05) is 42.5 Å². The Balaban J connectivity index is 1.47. The second-order valence-corrected chi connectivity index (χ2v) is 7.59. The zero-order valence-corrected chi connectivity index (χ0v) is 17.6. The third-order valence-corrected chi connectivity index (χ3v) is 5.45. The number of hydrazine groups is 1. The van der Waals surface area contributed by atoms with Gasteiger partial charge >= 0.3 is 0 Å². The van der Waals surface area contributed by atoms with Crippen LogP contribution in [0.25, 0.3) is 11.4 Å². The number of aromatic nitrogens is 2. The summed E-state index contributed by atoms with van der Waals surface area (Å²) in [5.74, 6) is 0.836. The monoisotopic (exact) mass is 418 g/mol. The van der Waals surface area contributed by atoms with Crippen LogP contribution in [0.3, 0.4) is 0 Å². The van der Waals surface area contributed by atoms with Crippen LogP contribution in [-0.4, -0.2) is 28.5 Å². The van der Waals surface area contributed by atoms with Gasteiger partial charge in [-0.25, -0.2) is 4.98 Å². The topological polar surface area (TPSA) is 85.2 Å². The molecule has 31 heavy (non-hydrogen) atoms. The average Bonchev–Trinajstić information content (AvgIpc) is 2.99. The Kier molecular flexibility index (Phi) is 6.31. The van der Waals surface area contributed by atoms with Crippen LogP contribution < -0.4 is 15.6 Å². The lowest BCUT2D eigenvalue weighted by Gasteiger charge is -2.09. The minimum absolute atomic E-state index is 0.154. The number of nitrogens with one attached hydrogen (secondary N) is 2. The number of methoxy groups -OCH3 is 1. The van der Waals surface area contributed by atoms with Crippen LogP contribution in [-0.2, 0) is 24.2 Å². The summed E-state index contributed by atoms with van der Waals surface area (Å²) in [6, 6.07) is 17.1. The minimum atomic E-state index is -0.393. The zero-order chi connectivity index (χ0) is 21.6. The van der Waals surface area contributed by atoms with Crippen LogP contribution in [0, 0.1) is 0 Å². The van der Waals surface area contributed by atoms with Gasteiger partial charge in [-0.1, -0.05) is 48.9 Å². The molecule has 0 saturated carbocycles. The second-order valence-electron chi connectivity index (χ2n) is 7.59. The molecular weight excluding hydrogens is 392 g/mol. The van der Waals surface area contributed by atoms with E-state index in [9.17, 15) is 9.59 Å². The highest BCUT2D eigenvalue weighted by Gasteiger charge is 2.24. The fraction of sp³-hybridized carbons (Fsp3) is 0.292. The first-order chi connectivity index (χ1) is 15.2. The Morgan fingerprint density at radius 3 is 2.52 bits per heavy atom. The normalized spacial score (nSPS) is 13.1. The van der Waals surface area contributed by atoms with Crippen molar-refractivity contribution in [2.24, 2.45) is 0 Å². The summed E-state index contributed by atoms with van der Waals surface area (Å²) in [4.78, 5) is 29.9. The van der Waals surface area contributed by atoms with E-state index < -0.39 is 5.91 Å². The molecule has 1 aromatic heterocycles. The maximum atomic E-state index is 12.9. The minimum Gasteiger partial charge on any atom is -0.497 e. The number of imidazole rings is 1. The van der Waals surface area contributed by atoms with Gasteiger partial charge in [-0.15, -0.1) is 0 Å². The predicted molar refractivity (Wildman–Crippen MR) is 118 cm³/mol. The highest BCUT2D eigenvalue weighted by Crippen LogP contribution is 2.27. The molecule has 2 N–H and O–H groups in total. The van der Waals surface area contributed by atoms with Crippen molar-refractivity contribution in [3.8, 4) is 17.1 Å². The Morgan fingerprint density at radius 2 is 1.77 bits per heavy atom. The highest BCUT2D eigenvalue weighted by atomic mass is 16.5. The number of fused-ring (bicyclic) bond motifs is 1. The lowest BCUT2D eigenvalue weighted by molar-refractivity contribution is -0.121. The number of benzene rings is 2. The Hall–Kier alpha value is -3.61. The molecule has 2 heterocycles. The van der Waals surface area contributed by atoms with Crippen LogP contribution in [0.1, 0.15) is 41.0 Å². The zero-order valence-electron chi connectivity index (χ0n) is 17.6. The van der Waals surface area contributed by atoms with Gasteiger partial charge in [0, 0.05) is 12.1 Å². The number of carbonyl (C=O) groups excluding carboxylic acids is 2. The standard InChI is InChI=1S/C24H26N4O3/c1-31-19-13-11-17(12-14-19)16-21(29)26-27-24(30)22-20-10-6-3-7-15-28(20)23(25-22)18-8-4-2-5-9-18/h2,4-5,8-9,11-14H,3,6-7,10,15-16H2,1H3,(H,26,29)(H,27,30). The first-order valence-corrected chi connectivity index (χ1v) is 10.5. The van der Waals surface area contributed by atoms with E-state index in [1.54, 1.807) is 19.2 Å². The van der Waals surface area contributed by atoms with Crippen molar-refractivity contribution in [3.05, 3.63) is 71.5 Å². The second kappa shape index (κ2) is 9.47. The van der Waals surface area contributed by atoms with Crippen molar-refractivity contribution in [1.82, 2.24) is 20.4 Å². The summed E-state index contributed by atoms with van der Waals surface area (Å²) in [6.45, 7) is 0.837. The van der Waals surface area contributed by atoms with Gasteiger partial charge in [0.2, 0.25) is 5.91 Å². The maximum Gasteiger partial charge on any atom is 0.290 e. The lowest BCUT2D eigenvalue weighted by atomic mass is 10.1. The van der Waals surface area contributed by atoms with E-state index in [1.165, 1.54) is 0 Å². The van der Waals surface area contributed by atoms with Crippen molar-refractivity contribution in [2.75, 3.05) is 7.11 Å². The summed E-state index contributed by atoms with van der Waals surface area (Å²) in [7, 11) is 1.59. The first-order valence-electron chi connectivity index (χ1n) is 10.5. The number of ether oxygens (including phenoxy) is 1. The largest absolute Gasteiger partial charge is 0.497 e. The molecule has 3 aromatic rings. The molecule has 0 atom stereocenters. The van der Waals surface area contributed by atoms with Gasteiger partial charge in [0.05, 0.1) is 19.2 Å². The Bertz CT molecular complexity index is 1060. The third kappa shape index (κ3) is 4.77. The fourth-order valence-electron chi connectivity index (χ4n) is 3.87. The Labute approximate surface area is 181 Å². The van der Waals surface area contributed by atoms with Crippen molar-refractivity contribution in [1.29, 1.82) is 0 Å². The van der Waals surface area contributed by atoms with Crippen LogP contribution in [0.4, 0.5) is 0 Å². The number of amides is 2. The summed E-state index contributed by atoms with van der Waals surface area (Å²) >= 11 is 0. The molecule has 0 fully saturated rings. The van der Waals surface area contributed by atoms with E-state index in [0.717, 1.165) is 60.6 Å². The summed E-state index contributed by atoms with van der Waals surface area (Å²) in [5, 5.41) is 0. The molecule has 4 rings (SSSR count). The van der Waals surface area contributed by atoms with Gasteiger partial charge in [0.15, 0.2) is 5.69 Å². The number of hydrogen-bond donors (Lipinski definition) is 2. The van der Waals surface area contributed by atoms with Gasteiger partial charge < -0.3 is 9.30 Å².